The molecule has 1 heterocycles. The normalized spacial score (nSPS) is 10.0. The Morgan fingerprint density at radius 3 is 2.46 bits per heavy atom. The van der Waals surface area contributed by atoms with E-state index in [9.17, 15) is 9.59 Å². The van der Waals surface area contributed by atoms with E-state index < -0.39 is 0 Å². The molecule has 1 aromatic heterocycles. The second kappa shape index (κ2) is 9.24. The summed E-state index contributed by atoms with van der Waals surface area (Å²) in [6, 6.07) is 10.4. The smallest absolute Gasteiger partial charge is 0.286 e. The van der Waals surface area contributed by atoms with Crippen LogP contribution in [0.1, 0.15) is 17.0 Å². The molecular formula is C17H20N2O5. The molecule has 0 radical (unpaired) electrons. The van der Waals surface area contributed by atoms with E-state index >= 15 is 0 Å². The third-order valence-electron chi connectivity index (χ3n) is 3.13. The minimum atomic E-state index is -0.337. The van der Waals surface area contributed by atoms with Gasteiger partial charge in [-0.3, -0.25) is 9.59 Å². The standard InChI is InChI=1S/C17H20N2O5/c1-22-13-4-6-14(7-5-13)23-12-10-18-16(20)8-9-19-17(21)15-3-2-11-24-15/h2-7,11H,8-10,12H2,1H3,(H,18,20)(H,19,21). The average Bonchev–Trinajstić information content (AvgIpc) is 3.14. The van der Waals surface area contributed by atoms with Crippen LogP contribution in [0.25, 0.3) is 0 Å². The fraction of sp³-hybridized carbons (Fsp3) is 0.294. The molecule has 0 aliphatic rings. The molecule has 0 spiro atoms. The SMILES string of the molecule is COc1ccc(OCCNC(=O)CCNC(=O)c2ccco2)cc1. The van der Waals surface area contributed by atoms with Crippen molar-refractivity contribution in [3.63, 3.8) is 0 Å². The van der Waals surface area contributed by atoms with Gasteiger partial charge in [0.1, 0.15) is 18.1 Å². The fourth-order valence-corrected chi connectivity index (χ4v) is 1.90. The van der Waals surface area contributed by atoms with E-state index in [-0.39, 0.29) is 30.5 Å². The predicted molar refractivity (Wildman–Crippen MR) is 87.2 cm³/mol. The van der Waals surface area contributed by atoms with Gasteiger partial charge in [-0.2, -0.15) is 0 Å². The molecule has 0 saturated carbocycles. The van der Waals surface area contributed by atoms with Crippen LogP contribution >= 0.6 is 0 Å². The zero-order chi connectivity index (χ0) is 17.2. The van der Waals surface area contributed by atoms with Crippen LogP contribution in [0.5, 0.6) is 11.5 Å². The molecule has 1 aromatic carbocycles. The lowest BCUT2D eigenvalue weighted by Crippen LogP contribution is -2.32. The highest BCUT2D eigenvalue weighted by Gasteiger charge is 2.08. The van der Waals surface area contributed by atoms with E-state index in [1.54, 1.807) is 43.5 Å². The molecule has 7 nitrogen and oxygen atoms in total. The van der Waals surface area contributed by atoms with Gasteiger partial charge in [-0.15, -0.1) is 0 Å². The number of carbonyl (C=O) groups excluding carboxylic acids is 2. The molecule has 0 unspecified atom stereocenters. The van der Waals surface area contributed by atoms with Gasteiger partial charge in [-0.25, -0.2) is 0 Å². The van der Waals surface area contributed by atoms with Gasteiger partial charge in [0.05, 0.1) is 19.9 Å². The van der Waals surface area contributed by atoms with Crippen LogP contribution in [0.3, 0.4) is 0 Å². The molecule has 2 N–H and O–H groups in total. The average molecular weight is 332 g/mol. The van der Waals surface area contributed by atoms with Crippen LogP contribution in [-0.2, 0) is 4.79 Å². The van der Waals surface area contributed by atoms with Crippen LogP contribution in [-0.4, -0.2) is 38.6 Å². The minimum Gasteiger partial charge on any atom is -0.497 e. The highest BCUT2D eigenvalue weighted by atomic mass is 16.5. The summed E-state index contributed by atoms with van der Waals surface area (Å²) in [4.78, 5) is 23.2. The van der Waals surface area contributed by atoms with Gasteiger partial charge >= 0.3 is 0 Å². The molecule has 0 aliphatic carbocycles. The number of amides is 2. The van der Waals surface area contributed by atoms with E-state index in [1.165, 1.54) is 6.26 Å². The molecule has 0 saturated heterocycles. The molecule has 0 atom stereocenters. The number of nitrogens with one attached hydrogen (secondary N) is 2. The molecule has 2 aromatic rings. The maximum Gasteiger partial charge on any atom is 0.286 e. The molecule has 0 fully saturated rings. The van der Waals surface area contributed by atoms with Gasteiger partial charge in [0, 0.05) is 13.0 Å². The first kappa shape index (κ1) is 17.4. The van der Waals surface area contributed by atoms with Crippen LogP contribution in [0.4, 0.5) is 0 Å². The maximum atomic E-state index is 11.6. The highest BCUT2D eigenvalue weighted by molar-refractivity contribution is 5.91. The molecular weight excluding hydrogens is 312 g/mol. The number of ether oxygens (including phenoxy) is 2. The lowest BCUT2D eigenvalue weighted by molar-refractivity contribution is -0.121. The lowest BCUT2D eigenvalue weighted by Gasteiger charge is -2.08. The van der Waals surface area contributed by atoms with Gasteiger partial charge in [-0.05, 0) is 36.4 Å². The van der Waals surface area contributed by atoms with Crippen molar-refractivity contribution < 1.29 is 23.5 Å². The Morgan fingerprint density at radius 2 is 1.79 bits per heavy atom. The zero-order valence-electron chi connectivity index (χ0n) is 13.4. The Labute approximate surface area is 139 Å². The summed E-state index contributed by atoms with van der Waals surface area (Å²) in [6.07, 6.45) is 1.61. The summed E-state index contributed by atoms with van der Waals surface area (Å²) in [6.45, 7) is 0.985. The first-order valence-electron chi connectivity index (χ1n) is 7.54. The van der Waals surface area contributed by atoms with Crippen molar-refractivity contribution >= 4 is 11.8 Å². The van der Waals surface area contributed by atoms with Crippen LogP contribution in [0.15, 0.2) is 47.1 Å². The quantitative estimate of drug-likeness (QED) is 0.681. The number of hydrogen-bond acceptors (Lipinski definition) is 5. The summed E-state index contributed by atoms with van der Waals surface area (Å²) in [7, 11) is 1.60. The van der Waals surface area contributed by atoms with Gasteiger partial charge < -0.3 is 24.5 Å². The minimum absolute atomic E-state index is 0.159. The molecule has 0 aliphatic heterocycles. The lowest BCUT2D eigenvalue weighted by atomic mass is 10.3. The van der Waals surface area contributed by atoms with E-state index in [0.717, 1.165) is 5.75 Å². The third-order valence-corrected chi connectivity index (χ3v) is 3.13. The van der Waals surface area contributed by atoms with Gasteiger partial charge in [-0.1, -0.05) is 0 Å². The van der Waals surface area contributed by atoms with Crippen molar-refractivity contribution in [1.82, 2.24) is 10.6 Å². The summed E-state index contributed by atoms with van der Waals surface area (Å²) >= 11 is 0. The highest BCUT2D eigenvalue weighted by Crippen LogP contribution is 2.16. The van der Waals surface area contributed by atoms with Gasteiger partial charge in [0.2, 0.25) is 5.91 Å². The third kappa shape index (κ3) is 5.68. The zero-order valence-corrected chi connectivity index (χ0v) is 13.4. The van der Waals surface area contributed by atoms with Crippen molar-refractivity contribution in [1.29, 1.82) is 0 Å². The number of carbonyl (C=O) groups is 2. The van der Waals surface area contributed by atoms with E-state index in [0.29, 0.717) is 18.9 Å². The maximum absolute atomic E-state index is 11.6. The van der Waals surface area contributed by atoms with E-state index in [2.05, 4.69) is 10.6 Å². The predicted octanol–water partition coefficient (Wildman–Crippen LogP) is 1.60. The Balaban J connectivity index is 1.55. The number of hydrogen-bond donors (Lipinski definition) is 2. The van der Waals surface area contributed by atoms with Crippen molar-refractivity contribution in [3.05, 3.63) is 48.4 Å². The van der Waals surface area contributed by atoms with Gasteiger partial charge in [0.25, 0.3) is 5.91 Å². The van der Waals surface area contributed by atoms with Crippen molar-refractivity contribution in [2.45, 2.75) is 6.42 Å². The molecule has 2 amide bonds. The molecule has 7 heteroatoms. The Kier molecular flexibility index (Phi) is 6.70. The van der Waals surface area contributed by atoms with Crippen molar-refractivity contribution in [2.24, 2.45) is 0 Å². The second-order valence-electron chi connectivity index (χ2n) is 4.86. The molecule has 128 valence electrons. The number of methoxy groups -OCH3 is 1. The summed E-state index contributed by atoms with van der Waals surface area (Å²) in [5, 5.41) is 5.33. The Morgan fingerprint density at radius 1 is 1.04 bits per heavy atom. The van der Waals surface area contributed by atoms with Crippen LogP contribution < -0.4 is 20.1 Å². The summed E-state index contributed by atoms with van der Waals surface area (Å²) in [5.74, 6) is 1.19. The van der Waals surface area contributed by atoms with Crippen molar-refractivity contribution in [3.8, 4) is 11.5 Å². The first-order valence-corrected chi connectivity index (χ1v) is 7.54. The largest absolute Gasteiger partial charge is 0.497 e. The Hall–Kier alpha value is -2.96. The number of rotatable bonds is 9. The molecule has 24 heavy (non-hydrogen) atoms. The topological polar surface area (TPSA) is 89.8 Å². The van der Waals surface area contributed by atoms with Crippen molar-refractivity contribution in [2.75, 3.05) is 26.8 Å². The summed E-state index contributed by atoms with van der Waals surface area (Å²) in [5.41, 5.74) is 0. The first-order chi connectivity index (χ1) is 11.7. The Bertz CT molecular complexity index is 638. The van der Waals surface area contributed by atoms with E-state index in [1.807, 2.05) is 0 Å². The van der Waals surface area contributed by atoms with Gasteiger partial charge in [0.15, 0.2) is 5.76 Å². The van der Waals surface area contributed by atoms with E-state index in [4.69, 9.17) is 13.9 Å². The molecule has 2 rings (SSSR count). The number of furan rings is 1. The number of benzene rings is 1. The summed E-state index contributed by atoms with van der Waals surface area (Å²) < 4.78 is 15.5. The molecule has 0 bridgehead atoms. The van der Waals surface area contributed by atoms with Crippen LogP contribution in [0.2, 0.25) is 0 Å². The van der Waals surface area contributed by atoms with Crippen LogP contribution in [0, 0.1) is 0 Å². The fourth-order valence-electron chi connectivity index (χ4n) is 1.90. The monoisotopic (exact) mass is 332 g/mol. The second-order valence-corrected chi connectivity index (χ2v) is 4.86.